The topological polar surface area (TPSA) is 91.0 Å². The van der Waals surface area contributed by atoms with Crippen LogP contribution in [0.5, 0.6) is 0 Å². The van der Waals surface area contributed by atoms with Crippen LogP contribution in [0.3, 0.4) is 0 Å². The van der Waals surface area contributed by atoms with Crippen molar-refractivity contribution in [1.29, 1.82) is 0 Å². The van der Waals surface area contributed by atoms with Crippen molar-refractivity contribution in [3.05, 3.63) is 35.9 Å². The Morgan fingerprint density at radius 3 is 2.50 bits per heavy atom. The van der Waals surface area contributed by atoms with Gasteiger partial charge >= 0.3 is 6.09 Å². The molecule has 0 aromatic heterocycles. The van der Waals surface area contributed by atoms with Crippen LogP contribution < -0.4 is 10.6 Å². The minimum atomic E-state index is -0.726. The molecule has 3 rings (SSSR count). The molecular weight excluding hydrogens is 456 g/mol. The fourth-order valence-electron chi connectivity index (χ4n) is 5.22. The molecule has 2 N–H and O–H groups in total. The number of nitrogens with one attached hydrogen (secondary N) is 2. The van der Waals surface area contributed by atoms with E-state index in [0.29, 0.717) is 39.0 Å². The van der Waals surface area contributed by atoms with Crippen molar-refractivity contribution in [2.24, 2.45) is 0 Å². The summed E-state index contributed by atoms with van der Waals surface area (Å²) in [4.78, 5) is 42.8. The number of alkyl carbamates (subject to hydrolysis) is 1. The minimum Gasteiger partial charge on any atom is -0.450 e. The first-order valence-electron chi connectivity index (χ1n) is 13.8. The van der Waals surface area contributed by atoms with E-state index in [1.54, 1.807) is 0 Å². The first-order chi connectivity index (χ1) is 17.5. The van der Waals surface area contributed by atoms with Gasteiger partial charge in [0.1, 0.15) is 11.6 Å². The van der Waals surface area contributed by atoms with Crippen LogP contribution in [0.4, 0.5) is 4.79 Å². The summed E-state index contributed by atoms with van der Waals surface area (Å²) in [5.74, 6) is 0.0435. The highest BCUT2D eigenvalue weighted by Gasteiger charge is 2.52. The van der Waals surface area contributed by atoms with E-state index in [4.69, 9.17) is 4.74 Å². The lowest BCUT2D eigenvalue weighted by molar-refractivity contribution is -0.161. The van der Waals surface area contributed by atoms with Gasteiger partial charge in [0, 0.05) is 32.7 Å². The first-order valence-corrected chi connectivity index (χ1v) is 13.8. The molecule has 0 saturated carbocycles. The van der Waals surface area contributed by atoms with Gasteiger partial charge in [-0.05, 0) is 56.9 Å². The van der Waals surface area contributed by atoms with Crippen molar-refractivity contribution in [3.63, 3.8) is 0 Å². The number of piperidine rings is 1. The van der Waals surface area contributed by atoms with Crippen LogP contribution in [0, 0.1) is 0 Å². The molecule has 0 radical (unpaired) electrons. The summed E-state index contributed by atoms with van der Waals surface area (Å²) < 4.78 is 5.09. The molecule has 1 aromatic rings. The second-order valence-electron chi connectivity index (χ2n) is 10.0. The van der Waals surface area contributed by atoms with Crippen LogP contribution in [0.2, 0.25) is 0 Å². The van der Waals surface area contributed by atoms with Gasteiger partial charge in [0.05, 0.1) is 6.61 Å². The molecule has 3 amide bonds. The van der Waals surface area contributed by atoms with Crippen LogP contribution in [0.25, 0.3) is 0 Å². The second kappa shape index (κ2) is 14.2. The molecule has 2 saturated heterocycles. The number of hydrogen-bond donors (Lipinski definition) is 2. The number of amides is 3. The maximum absolute atomic E-state index is 13.5. The molecule has 1 aromatic carbocycles. The van der Waals surface area contributed by atoms with E-state index in [0.717, 1.165) is 58.2 Å². The summed E-state index contributed by atoms with van der Waals surface area (Å²) in [7, 11) is 0. The molecule has 2 fully saturated rings. The monoisotopic (exact) mass is 500 g/mol. The van der Waals surface area contributed by atoms with E-state index < -0.39 is 17.7 Å². The highest BCUT2D eigenvalue weighted by Crippen LogP contribution is 2.34. The molecule has 200 valence electrons. The molecule has 0 aliphatic carbocycles. The highest BCUT2D eigenvalue weighted by atomic mass is 16.5. The third-order valence-corrected chi connectivity index (χ3v) is 7.42. The summed E-state index contributed by atoms with van der Waals surface area (Å²) in [5.41, 5.74) is 0.596. The zero-order valence-corrected chi connectivity index (χ0v) is 22.1. The SMILES string of the molecule is CCCCOC(=O)NCCCC[C@@H]1NC(=O)C2(CCN(CCc3ccccc3)CC2)N(CCC)C1=O. The molecule has 2 aliphatic rings. The molecular formula is C28H44N4O4. The number of hydrogen-bond acceptors (Lipinski definition) is 5. The second-order valence-corrected chi connectivity index (χ2v) is 10.0. The van der Waals surface area contributed by atoms with Crippen LogP contribution in [-0.2, 0) is 20.7 Å². The van der Waals surface area contributed by atoms with Crippen molar-refractivity contribution in [3.8, 4) is 0 Å². The van der Waals surface area contributed by atoms with Gasteiger partial charge in [-0.1, -0.05) is 50.6 Å². The van der Waals surface area contributed by atoms with Gasteiger partial charge in [-0.25, -0.2) is 4.79 Å². The summed E-state index contributed by atoms with van der Waals surface area (Å²) in [6.45, 7) is 8.25. The van der Waals surface area contributed by atoms with Crippen molar-refractivity contribution in [2.75, 3.05) is 39.3 Å². The molecule has 0 unspecified atom stereocenters. The number of carbonyl (C=O) groups is 3. The molecule has 36 heavy (non-hydrogen) atoms. The van der Waals surface area contributed by atoms with Crippen LogP contribution >= 0.6 is 0 Å². The van der Waals surface area contributed by atoms with Gasteiger partial charge < -0.3 is 25.2 Å². The van der Waals surface area contributed by atoms with Crippen LogP contribution in [0.1, 0.15) is 70.8 Å². The summed E-state index contributed by atoms with van der Waals surface area (Å²) in [6, 6.07) is 9.98. The average Bonchev–Trinajstić information content (AvgIpc) is 2.89. The van der Waals surface area contributed by atoms with Gasteiger partial charge in [-0.2, -0.15) is 0 Å². The molecule has 0 bridgehead atoms. The Morgan fingerprint density at radius 1 is 1.06 bits per heavy atom. The van der Waals surface area contributed by atoms with Gasteiger partial charge in [0.25, 0.3) is 0 Å². The standard InChI is InChI=1S/C28H44N4O4/c1-3-5-22-36-27(35)29-17-10-9-13-24-25(33)32(18-4-2)28(26(34)30-24)15-20-31(21-16-28)19-14-23-11-7-6-8-12-23/h6-8,11-12,24H,3-5,9-10,13-22H2,1-2H3,(H,29,35)(H,30,34)/t24-/m0/s1. The van der Waals surface area contributed by atoms with Crippen LogP contribution in [-0.4, -0.2) is 78.6 Å². The Labute approximate surface area is 216 Å². The summed E-state index contributed by atoms with van der Waals surface area (Å²) in [5, 5.41) is 5.81. The quantitative estimate of drug-likeness (QED) is 0.405. The number of likely N-dealkylation sites (tertiary alicyclic amines) is 1. The summed E-state index contributed by atoms with van der Waals surface area (Å²) in [6.07, 6.45) is 6.68. The fourth-order valence-corrected chi connectivity index (χ4v) is 5.22. The predicted molar refractivity (Wildman–Crippen MR) is 141 cm³/mol. The van der Waals surface area contributed by atoms with Crippen molar-refractivity contribution >= 4 is 17.9 Å². The third-order valence-electron chi connectivity index (χ3n) is 7.42. The summed E-state index contributed by atoms with van der Waals surface area (Å²) >= 11 is 0. The number of nitrogens with zero attached hydrogens (tertiary/aromatic N) is 2. The molecule has 8 heteroatoms. The van der Waals surface area contributed by atoms with E-state index in [9.17, 15) is 14.4 Å². The number of unbranched alkanes of at least 4 members (excludes halogenated alkanes) is 2. The highest BCUT2D eigenvalue weighted by molar-refractivity contribution is 6.00. The molecule has 2 aliphatic heterocycles. The van der Waals surface area contributed by atoms with E-state index in [1.807, 2.05) is 17.9 Å². The van der Waals surface area contributed by atoms with Crippen LogP contribution in [0.15, 0.2) is 30.3 Å². The van der Waals surface area contributed by atoms with E-state index in [1.165, 1.54) is 5.56 Å². The van der Waals surface area contributed by atoms with Crippen molar-refractivity contribution < 1.29 is 19.1 Å². The maximum Gasteiger partial charge on any atom is 0.407 e. The van der Waals surface area contributed by atoms with Gasteiger partial charge in [-0.3, -0.25) is 9.59 Å². The van der Waals surface area contributed by atoms with E-state index >= 15 is 0 Å². The Kier molecular flexibility index (Phi) is 11.0. The Hall–Kier alpha value is -2.61. The van der Waals surface area contributed by atoms with E-state index in [2.05, 4.69) is 46.7 Å². The third kappa shape index (κ3) is 7.45. The largest absolute Gasteiger partial charge is 0.450 e. The lowest BCUT2D eigenvalue weighted by atomic mass is 9.81. The lowest BCUT2D eigenvalue weighted by Gasteiger charge is -2.51. The average molecular weight is 501 g/mol. The van der Waals surface area contributed by atoms with Gasteiger partial charge in [0.15, 0.2) is 0 Å². The molecule has 2 heterocycles. The number of carbonyl (C=O) groups excluding carboxylic acids is 3. The van der Waals surface area contributed by atoms with Gasteiger partial charge in [-0.15, -0.1) is 0 Å². The van der Waals surface area contributed by atoms with Crippen molar-refractivity contribution in [1.82, 2.24) is 20.4 Å². The Bertz CT molecular complexity index is 839. The Morgan fingerprint density at radius 2 is 1.81 bits per heavy atom. The molecule has 8 nitrogen and oxygen atoms in total. The number of benzene rings is 1. The maximum atomic E-state index is 13.5. The number of piperazine rings is 1. The fraction of sp³-hybridized carbons (Fsp3) is 0.679. The smallest absolute Gasteiger partial charge is 0.407 e. The molecule has 1 atom stereocenters. The Balaban J connectivity index is 1.47. The molecule has 1 spiro atoms. The predicted octanol–water partition coefficient (Wildman–Crippen LogP) is 3.50. The minimum absolute atomic E-state index is 0.000821. The number of ether oxygens (including phenoxy) is 1. The zero-order chi connectivity index (χ0) is 25.8. The van der Waals surface area contributed by atoms with E-state index in [-0.39, 0.29) is 11.8 Å². The van der Waals surface area contributed by atoms with Crippen molar-refractivity contribution in [2.45, 2.75) is 83.2 Å². The van der Waals surface area contributed by atoms with Gasteiger partial charge in [0.2, 0.25) is 11.8 Å². The first kappa shape index (κ1) is 28.0. The number of rotatable bonds is 13. The zero-order valence-electron chi connectivity index (χ0n) is 22.1. The normalized spacial score (nSPS) is 19.8. The lowest BCUT2D eigenvalue weighted by Crippen LogP contribution is -2.72.